The number of rotatable bonds is 3. The predicted molar refractivity (Wildman–Crippen MR) is 106 cm³/mol. The average Bonchev–Trinajstić information content (AvgIpc) is 3.09. The van der Waals surface area contributed by atoms with Gasteiger partial charge in [0.2, 0.25) is 0 Å². The molecule has 1 saturated heterocycles. The summed E-state index contributed by atoms with van der Waals surface area (Å²) in [4.78, 5) is 16.3. The number of halogens is 4. The van der Waals surface area contributed by atoms with Gasteiger partial charge in [-0.1, -0.05) is 6.07 Å². The van der Waals surface area contributed by atoms with Crippen LogP contribution in [-0.4, -0.2) is 48.9 Å². The Balaban J connectivity index is 1.60. The molecule has 2 aromatic rings. The number of hydrogen-bond donors (Lipinski definition) is 1. The molecule has 0 bridgehead atoms. The largest absolute Gasteiger partial charge is 0.417 e. The molecule has 2 aromatic carbocycles. The molecule has 1 amide bonds. The van der Waals surface area contributed by atoms with E-state index in [0.29, 0.717) is 32.6 Å². The summed E-state index contributed by atoms with van der Waals surface area (Å²) in [5.74, 6) is -0.971. The molecule has 0 spiro atoms. The molecule has 160 valence electrons. The minimum absolute atomic E-state index is 0.263. The summed E-state index contributed by atoms with van der Waals surface area (Å²) in [6.07, 6.45) is -3.25. The van der Waals surface area contributed by atoms with Crippen LogP contribution in [0.5, 0.6) is 0 Å². The monoisotopic (exact) mass is 421 g/mol. The van der Waals surface area contributed by atoms with E-state index >= 15 is 0 Å². The highest BCUT2D eigenvalue weighted by molar-refractivity contribution is 5.96. The van der Waals surface area contributed by atoms with E-state index in [1.807, 2.05) is 11.9 Å². The highest BCUT2D eigenvalue weighted by atomic mass is 19.4. The summed E-state index contributed by atoms with van der Waals surface area (Å²) >= 11 is 0. The highest BCUT2D eigenvalue weighted by Gasteiger charge is 2.37. The Hall–Kier alpha value is -2.61. The second-order valence-corrected chi connectivity index (χ2v) is 7.93. The first-order valence-electron chi connectivity index (χ1n) is 9.96. The van der Waals surface area contributed by atoms with Gasteiger partial charge in [0.15, 0.2) is 0 Å². The number of aryl methyl sites for hydroxylation is 1. The van der Waals surface area contributed by atoms with Crippen LogP contribution >= 0.6 is 0 Å². The van der Waals surface area contributed by atoms with Crippen LogP contribution in [0.1, 0.15) is 39.5 Å². The zero-order valence-corrected chi connectivity index (χ0v) is 16.6. The van der Waals surface area contributed by atoms with Crippen molar-refractivity contribution in [2.75, 3.05) is 38.5 Å². The number of anilines is 1. The molecular weight excluding hydrogens is 398 g/mol. The topological polar surface area (TPSA) is 35.6 Å². The number of fused-ring (bicyclic) bond motifs is 1. The quantitative estimate of drug-likeness (QED) is 0.750. The molecule has 8 heteroatoms. The number of likely N-dealkylation sites (N-methyl/N-ethyl adjacent to an activating group) is 1. The molecule has 2 aliphatic rings. The Morgan fingerprint density at radius 1 is 1.07 bits per heavy atom. The molecule has 1 N–H and O–H groups in total. The van der Waals surface area contributed by atoms with Gasteiger partial charge in [-0.25, -0.2) is 4.39 Å². The van der Waals surface area contributed by atoms with Gasteiger partial charge in [-0.3, -0.25) is 4.79 Å². The van der Waals surface area contributed by atoms with Gasteiger partial charge in [0, 0.05) is 31.9 Å². The van der Waals surface area contributed by atoms with Crippen molar-refractivity contribution in [2.24, 2.45) is 0 Å². The fraction of sp³-hybridized carbons (Fsp3) is 0.409. The number of hydrogen-bond acceptors (Lipinski definition) is 3. The molecule has 0 aromatic heterocycles. The first-order valence-corrected chi connectivity index (χ1v) is 9.96. The normalized spacial score (nSPS) is 19.6. The summed E-state index contributed by atoms with van der Waals surface area (Å²) in [6.45, 7) is 2.06. The molecule has 30 heavy (non-hydrogen) atoms. The number of alkyl halides is 3. The van der Waals surface area contributed by atoms with Gasteiger partial charge in [-0.05, 0) is 61.3 Å². The maximum Gasteiger partial charge on any atom is 0.417 e. The van der Waals surface area contributed by atoms with E-state index in [4.69, 9.17) is 0 Å². The standard InChI is InChI=1S/C22H23F4N3O/c1-28-8-10-29(11-9-28)21(30)17-6-5-16(13-19(17)22(24,25)26)27-20-7-3-14-2-4-15(23)12-18(14)20/h2,4-6,12-13,20,27H,3,7-11H2,1H3. The Labute approximate surface area is 172 Å². The first kappa shape index (κ1) is 20.7. The van der Waals surface area contributed by atoms with Crippen LogP contribution in [0.4, 0.5) is 23.2 Å². The third kappa shape index (κ3) is 4.14. The lowest BCUT2D eigenvalue weighted by Gasteiger charge is -2.33. The molecule has 1 heterocycles. The Kier molecular flexibility index (Phi) is 5.44. The molecule has 4 rings (SSSR count). The van der Waals surface area contributed by atoms with Crippen LogP contribution in [0.25, 0.3) is 0 Å². The number of carbonyl (C=O) groups is 1. The number of amides is 1. The predicted octanol–water partition coefficient (Wildman–Crippen LogP) is 4.33. The molecule has 1 aliphatic carbocycles. The molecule has 0 radical (unpaired) electrons. The van der Waals surface area contributed by atoms with Crippen LogP contribution in [0.2, 0.25) is 0 Å². The second kappa shape index (κ2) is 7.91. The Morgan fingerprint density at radius 3 is 2.50 bits per heavy atom. The number of piperazine rings is 1. The summed E-state index contributed by atoms with van der Waals surface area (Å²) in [7, 11) is 1.91. The molecule has 4 nitrogen and oxygen atoms in total. The minimum Gasteiger partial charge on any atom is -0.378 e. The lowest BCUT2D eigenvalue weighted by molar-refractivity contribution is -0.138. The van der Waals surface area contributed by atoms with Gasteiger partial charge in [0.1, 0.15) is 5.82 Å². The fourth-order valence-corrected chi connectivity index (χ4v) is 4.16. The van der Waals surface area contributed by atoms with E-state index in [1.165, 1.54) is 29.2 Å². The third-order valence-electron chi connectivity index (χ3n) is 5.87. The lowest BCUT2D eigenvalue weighted by atomic mass is 10.0. The highest BCUT2D eigenvalue weighted by Crippen LogP contribution is 2.38. The van der Waals surface area contributed by atoms with Gasteiger partial charge in [0.05, 0.1) is 17.2 Å². The van der Waals surface area contributed by atoms with Crippen molar-refractivity contribution >= 4 is 11.6 Å². The van der Waals surface area contributed by atoms with Crippen molar-refractivity contribution in [1.29, 1.82) is 0 Å². The molecule has 1 fully saturated rings. The van der Waals surface area contributed by atoms with E-state index in [9.17, 15) is 22.4 Å². The number of carbonyl (C=O) groups excluding carboxylic acids is 1. The lowest BCUT2D eigenvalue weighted by Crippen LogP contribution is -2.47. The number of nitrogens with one attached hydrogen (secondary N) is 1. The van der Waals surface area contributed by atoms with Gasteiger partial charge in [-0.15, -0.1) is 0 Å². The van der Waals surface area contributed by atoms with Gasteiger partial charge in [0.25, 0.3) is 5.91 Å². The second-order valence-electron chi connectivity index (χ2n) is 7.93. The third-order valence-corrected chi connectivity index (χ3v) is 5.87. The van der Waals surface area contributed by atoms with Crippen molar-refractivity contribution < 1.29 is 22.4 Å². The van der Waals surface area contributed by atoms with E-state index in [2.05, 4.69) is 5.32 Å². The zero-order chi connectivity index (χ0) is 21.5. The van der Waals surface area contributed by atoms with Crippen molar-refractivity contribution in [3.63, 3.8) is 0 Å². The van der Waals surface area contributed by atoms with Crippen LogP contribution in [-0.2, 0) is 12.6 Å². The molecule has 1 atom stereocenters. The van der Waals surface area contributed by atoms with E-state index in [0.717, 1.165) is 23.6 Å². The van der Waals surface area contributed by atoms with Gasteiger partial charge in [-0.2, -0.15) is 13.2 Å². The molecule has 0 saturated carbocycles. The first-order chi connectivity index (χ1) is 14.2. The summed E-state index contributed by atoms with van der Waals surface area (Å²) < 4.78 is 54.9. The van der Waals surface area contributed by atoms with Crippen molar-refractivity contribution in [3.05, 3.63) is 64.5 Å². The fourth-order valence-electron chi connectivity index (χ4n) is 4.16. The Bertz CT molecular complexity index is 952. The van der Waals surface area contributed by atoms with Crippen LogP contribution in [0.15, 0.2) is 36.4 Å². The average molecular weight is 421 g/mol. The van der Waals surface area contributed by atoms with Crippen LogP contribution in [0, 0.1) is 5.82 Å². The van der Waals surface area contributed by atoms with E-state index in [-0.39, 0.29) is 23.1 Å². The van der Waals surface area contributed by atoms with Crippen molar-refractivity contribution in [1.82, 2.24) is 9.80 Å². The summed E-state index contributed by atoms with van der Waals surface area (Å²) in [6, 6.07) is 7.99. The number of nitrogens with zero attached hydrogens (tertiary/aromatic N) is 2. The van der Waals surface area contributed by atoms with Gasteiger partial charge < -0.3 is 15.1 Å². The maximum atomic E-state index is 13.8. The smallest absolute Gasteiger partial charge is 0.378 e. The van der Waals surface area contributed by atoms with Crippen molar-refractivity contribution in [2.45, 2.75) is 25.1 Å². The Morgan fingerprint density at radius 2 is 1.80 bits per heavy atom. The molecule has 1 aliphatic heterocycles. The van der Waals surface area contributed by atoms with E-state index in [1.54, 1.807) is 6.07 Å². The SMILES string of the molecule is CN1CCN(C(=O)c2ccc(NC3CCc4ccc(F)cc43)cc2C(F)(F)F)CC1. The van der Waals surface area contributed by atoms with Crippen LogP contribution < -0.4 is 5.32 Å². The minimum atomic E-state index is -4.66. The van der Waals surface area contributed by atoms with Crippen LogP contribution in [0.3, 0.4) is 0 Å². The summed E-state index contributed by atoms with van der Waals surface area (Å²) in [5, 5.41) is 3.09. The van der Waals surface area contributed by atoms with Gasteiger partial charge >= 0.3 is 6.18 Å². The maximum absolute atomic E-state index is 13.8. The van der Waals surface area contributed by atoms with E-state index < -0.39 is 17.6 Å². The zero-order valence-electron chi connectivity index (χ0n) is 16.6. The summed E-state index contributed by atoms with van der Waals surface area (Å²) in [5.41, 5.74) is 0.733. The molecule has 1 unspecified atom stereocenters. The number of benzene rings is 2. The van der Waals surface area contributed by atoms with Crippen molar-refractivity contribution in [3.8, 4) is 0 Å². The molecular formula is C22H23F4N3O.